The molecule has 1 saturated heterocycles. The van der Waals surface area contributed by atoms with Gasteiger partial charge in [-0.15, -0.1) is 0 Å². The monoisotopic (exact) mass is 601 g/mol. The van der Waals surface area contributed by atoms with E-state index in [1.54, 1.807) is 6.07 Å². The molecule has 0 amide bonds. The molecule has 4 nitrogen and oxygen atoms in total. The summed E-state index contributed by atoms with van der Waals surface area (Å²) < 4.78 is 76.5. The molecule has 2 saturated carbocycles. The Morgan fingerprint density at radius 1 is 0.837 bits per heavy atom. The molecule has 234 valence electrons. The molecule has 8 heteroatoms. The van der Waals surface area contributed by atoms with Crippen molar-refractivity contribution in [2.45, 2.75) is 96.4 Å². The molecule has 3 aliphatic rings. The summed E-state index contributed by atoms with van der Waals surface area (Å²) in [4.78, 5) is 0. The Balaban J connectivity index is 1.07. The second kappa shape index (κ2) is 14.4. The third-order valence-electron chi connectivity index (χ3n) is 9.92. The predicted octanol–water partition coefficient (Wildman–Crippen LogP) is 9.66. The molecule has 0 atom stereocenters. The lowest BCUT2D eigenvalue weighted by Crippen LogP contribution is -2.40. The fourth-order valence-corrected chi connectivity index (χ4v) is 7.30. The molecule has 5 rings (SSSR count). The van der Waals surface area contributed by atoms with Gasteiger partial charge in [-0.2, -0.15) is 14.0 Å². The Kier molecular flexibility index (Phi) is 10.7. The van der Waals surface area contributed by atoms with Crippen LogP contribution in [-0.2, 0) is 9.47 Å². The van der Waals surface area contributed by atoms with Crippen LogP contribution in [0.15, 0.2) is 36.4 Å². The molecular formula is C35H43F4NO3. The number of rotatable bonds is 10. The van der Waals surface area contributed by atoms with Crippen LogP contribution in [0.3, 0.4) is 0 Å². The number of hydrogen-bond acceptors (Lipinski definition) is 4. The van der Waals surface area contributed by atoms with Gasteiger partial charge in [-0.3, -0.25) is 0 Å². The third-order valence-corrected chi connectivity index (χ3v) is 9.92. The zero-order valence-corrected chi connectivity index (χ0v) is 25.0. The van der Waals surface area contributed by atoms with Gasteiger partial charge in [0.25, 0.3) is 0 Å². The van der Waals surface area contributed by atoms with Gasteiger partial charge in [-0.05, 0) is 99.5 Å². The Hall–Kier alpha value is -2.63. The van der Waals surface area contributed by atoms with Crippen LogP contribution in [-0.4, -0.2) is 25.6 Å². The topological polar surface area (TPSA) is 51.5 Å². The highest BCUT2D eigenvalue weighted by molar-refractivity contribution is 5.66. The van der Waals surface area contributed by atoms with Crippen molar-refractivity contribution in [2.75, 3.05) is 13.2 Å². The van der Waals surface area contributed by atoms with Crippen LogP contribution in [0.2, 0.25) is 0 Å². The molecule has 0 unspecified atom stereocenters. The number of alkyl halides is 2. The van der Waals surface area contributed by atoms with Crippen LogP contribution < -0.4 is 4.74 Å². The summed E-state index contributed by atoms with van der Waals surface area (Å²) in [6.45, 7) is 3.80. The highest BCUT2D eigenvalue weighted by Gasteiger charge is 2.45. The van der Waals surface area contributed by atoms with Gasteiger partial charge >= 0.3 is 6.11 Å². The average Bonchev–Trinajstić information content (AvgIpc) is 3.01. The number of unbranched alkanes of at least 4 members (excludes halogenated alkanes) is 2. The minimum Gasteiger partial charge on any atom is -0.432 e. The maximum atomic E-state index is 15.2. The minimum atomic E-state index is -3.42. The predicted molar refractivity (Wildman–Crippen MR) is 156 cm³/mol. The van der Waals surface area contributed by atoms with E-state index < -0.39 is 23.7 Å². The number of halogens is 4. The number of hydrogen-bond donors (Lipinski definition) is 0. The molecule has 0 bridgehead atoms. The molecule has 0 spiro atoms. The standard InChI is InChI=1S/C35H43F4NO3/c1-2-3-4-5-23-21-41-34(42-22-23)26-8-6-24(7-9-26)25-12-14-29(15-13-25)35(38,39)43-30-16-17-31(33(37)19-30)27-10-11-28(20-40)32(36)18-27/h10-11,16-19,23-26,29,34H,2-9,12-15,21-22H2,1H3. The van der Waals surface area contributed by atoms with Gasteiger partial charge in [0, 0.05) is 23.5 Å². The largest absolute Gasteiger partial charge is 0.432 e. The second-order valence-corrected chi connectivity index (χ2v) is 12.8. The maximum Gasteiger partial charge on any atom is 0.400 e. The van der Waals surface area contributed by atoms with E-state index in [-0.39, 0.29) is 28.7 Å². The number of nitrogens with zero attached hydrogens (tertiary/aromatic N) is 1. The van der Waals surface area contributed by atoms with E-state index in [9.17, 15) is 8.78 Å². The molecule has 2 aliphatic carbocycles. The first-order chi connectivity index (χ1) is 20.8. The van der Waals surface area contributed by atoms with Crippen molar-refractivity contribution in [3.63, 3.8) is 0 Å². The van der Waals surface area contributed by atoms with Crippen molar-refractivity contribution in [3.05, 3.63) is 53.6 Å². The SMILES string of the molecule is CCCCCC1COC(C2CCC(C3CCC(C(F)(F)Oc4ccc(-c5ccc(C#N)c(F)c5)c(F)c4)CC3)CC2)OC1. The van der Waals surface area contributed by atoms with Gasteiger partial charge in [-0.1, -0.05) is 32.3 Å². The average molecular weight is 602 g/mol. The van der Waals surface area contributed by atoms with Crippen molar-refractivity contribution in [3.8, 4) is 22.9 Å². The van der Waals surface area contributed by atoms with Crippen molar-refractivity contribution in [1.82, 2.24) is 0 Å². The van der Waals surface area contributed by atoms with Gasteiger partial charge in [0.15, 0.2) is 6.29 Å². The quantitative estimate of drug-likeness (QED) is 0.201. The Labute approximate surface area is 252 Å². The number of nitriles is 1. The number of benzene rings is 2. The lowest BCUT2D eigenvalue weighted by Gasteiger charge is -2.41. The molecule has 2 aromatic rings. The fraction of sp³-hybridized carbons (Fsp3) is 0.629. The van der Waals surface area contributed by atoms with Crippen molar-refractivity contribution >= 4 is 0 Å². The van der Waals surface area contributed by atoms with E-state index in [2.05, 4.69) is 6.92 Å². The summed E-state index contributed by atoms with van der Waals surface area (Å²) in [5, 5.41) is 8.89. The first kappa shape index (κ1) is 31.8. The summed E-state index contributed by atoms with van der Waals surface area (Å²) in [7, 11) is 0. The normalized spacial score (nSPS) is 28.3. The Bertz CT molecular complexity index is 1240. The van der Waals surface area contributed by atoms with Gasteiger partial charge in [0.05, 0.1) is 24.7 Å². The summed E-state index contributed by atoms with van der Waals surface area (Å²) >= 11 is 0. The Morgan fingerprint density at radius 3 is 2.09 bits per heavy atom. The van der Waals surface area contributed by atoms with E-state index >= 15 is 8.78 Å². The van der Waals surface area contributed by atoms with Crippen LogP contribution in [0.4, 0.5) is 17.6 Å². The first-order valence-electron chi connectivity index (χ1n) is 16.1. The summed E-state index contributed by atoms with van der Waals surface area (Å²) in [6.07, 6.45) is 7.91. The molecule has 0 aromatic heterocycles. The maximum absolute atomic E-state index is 15.2. The lowest BCUT2D eigenvalue weighted by atomic mass is 9.69. The second-order valence-electron chi connectivity index (χ2n) is 12.8. The smallest absolute Gasteiger partial charge is 0.400 e. The van der Waals surface area contributed by atoms with Gasteiger partial charge < -0.3 is 14.2 Å². The fourth-order valence-electron chi connectivity index (χ4n) is 7.30. The molecule has 43 heavy (non-hydrogen) atoms. The lowest BCUT2D eigenvalue weighted by molar-refractivity contribution is -0.232. The molecule has 3 fully saturated rings. The van der Waals surface area contributed by atoms with Gasteiger partial charge in [0.1, 0.15) is 23.5 Å². The minimum absolute atomic E-state index is 0.0440. The Morgan fingerprint density at radius 2 is 1.49 bits per heavy atom. The molecule has 1 aliphatic heterocycles. The van der Waals surface area contributed by atoms with Gasteiger partial charge in [0.2, 0.25) is 0 Å². The van der Waals surface area contributed by atoms with Crippen LogP contribution in [0.5, 0.6) is 5.75 Å². The van der Waals surface area contributed by atoms with Gasteiger partial charge in [-0.25, -0.2) is 8.78 Å². The summed E-state index contributed by atoms with van der Waals surface area (Å²) in [5.41, 5.74) is 0.105. The van der Waals surface area contributed by atoms with E-state index in [0.29, 0.717) is 36.5 Å². The highest BCUT2D eigenvalue weighted by Crippen LogP contribution is 2.46. The van der Waals surface area contributed by atoms with Crippen LogP contribution >= 0.6 is 0 Å². The third kappa shape index (κ3) is 7.91. The number of ether oxygens (including phenoxy) is 3. The zero-order chi connectivity index (χ0) is 30.4. The molecule has 2 aromatic carbocycles. The zero-order valence-electron chi connectivity index (χ0n) is 25.0. The first-order valence-corrected chi connectivity index (χ1v) is 16.1. The van der Waals surface area contributed by atoms with Crippen molar-refractivity contribution in [2.24, 2.45) is 29.6 Å². The van der Waals surface area contributed by atoms with Crippen molar-refractivity contribution in [1.29, 1.82) is 5.26 Å². The van der Waals surface area contributed by atoms with E-state index in [0.717, 1.165) is 63.9 Å². The summed E-state index contributed by atoms with van der Waals surface area (Å²) in [5.74, 6) is -0.843. The van der Waals surface area contributed by atoms with E-state index in [1.165, 1.54) is 49.9 Å². The van der Waals surface area contributed by atoms with E-state index in [1.807, 2.05) is 0 Å². The molecule has 0 radical (unpaired) electrons. The summed E-state index contributed by atoms with van der Waals surface area (Å²) in [6, 6.07) is 8.93. The van der Waals surface area contributed by atoms with Crippen LogP contribution in [0, 0.1) is 52.6 Å². The van der Waals surface area contributed by atoms with Crippen LogP contribution in [0.1, 0.15) is 89.5 Å². The van der Waals surface area contributed by atoms with E-state index in [4.69, 9.17) is 19.5 Å². The molecule has 0 N–H and O–H groups in total. The van der Waals surface area contributed by atoms with Crippen LogP contribution in [0.25, 0.3) is 11.1 Å². The highest BCUT2D eigenvalue weighted by atomic mass is 19.3. The molecular weight excluding hydrogens is 558 g/mol. The molecule has 1 heterocycles. The van der Waals surface area contributed by atoms with Crippen molar-refractivity contribution < 1.29 is 31.8 Å².